The molecule has 0 unspecified atom stereocenters. The summed E-state index contributed by atoms with van der Waals surface area (Å²) >= 11 is 1.75. The molecule has 33 heavy (non-hydrogen) atoms. The highest BCUT2D eigenvalue weighted by Gasteiger charge is 2.13. The molecule has 0 bridgehead atoms. The fraction of sp³-hybridized carbons (Fsp3) is 0.261. The molecule has 4 aromatic heterocycles. The number of aromatic nitrogens is 6. The zero-order chi connectivity index (χ0) is 22.9. The van der Waals surface area contributed by atoms with Crippen LogP contribution in [0.4, 0.5) is 11.6 Å². The number of nitrogens with zero attached hydrogens (tertiary/aromatic N) is 6. The number of hydrogen-bond acceptors (Lipinski definition) is 9. The van der Waals surface area contributed by atoms with E-state index >= 15 is 0 Å². The summed E-state index contributed by atoms with van der Waals surface area (Å²) in [6.07, 6.45) is 4.43. The first-order chi connectivity index (χ1) is 16.0. The summed E-state index contributed by atoms with van der Waals surface area (Å²) in [4.78, 5) is 17.8. The highest BCUT2D eigenvalue weighted by Crippen LogP contribution is 2.26. The first-order valence-electron chi connectivity index (χ1n) is 10.6. The largest absolute Gasteiger partial charge is 0.496 e. The molecule has 4 heterocycles. The molecule has 1 aromatic carbocycles. The van der Waals surface area contributed by atoms with Gasteiger partial charge in [0.2, 0.25) is 0 Å². The molecule has 168 valence electrons. The molecule has 0 saturated heterocycles. The Labute approximate surface area is 194 Å². The summed E-state index contributed by atoms with van der Waals surface area (Å²) in [6.45, 7) is 5.15. The zero-order valence-corrected chi connectivity index (χ0v) is 19.5. The van der Waals surface area contributed by atoms with Crippen LogP contribution >= 0.6 is 11.3 Å². The molecule has 0 amide bonds. The van der Waals surface area contributed by atoms with Crippen molar-refractivity contribution in [3.05, 3.63) is 58.6 Å². The highest BCUT2D eigenvalue weighted by molar-refractivity contribution is 7.18. The lowest BCUT2D eigenvalue weighted by atomic mass is 10.1. The smallest absolute Gasteiger partial charge is 0.186 e. The molecular formula is C23H24N8OS. The van der Waals surface area contributed by atoms with E-state index in [1.165, 1.54) is 11.0 Å². The predicted molar refractivity (Wildman–Crippen MR) is 131 cm³/mol. The maximum Gasteiger partial charge on any atom is 0.186 e. The number of pyridine rings is 1. The monoisotopic (exact) mass is 460 g/mol. The molecule has 0 aliphatic rings. The van der Waals surface area contributed by atoms with E-state index in [1.807, 2.05) is 17.8 Å². The number of thiazole rings is 1. The number of ether oxygens (including phenoxy) is 1. The van der Waals surface area contributed by atoms with Crippen molar-refractivity contribution >= 4 is 44.2 Å². The third-order valence-electron chi connectivity index (χ3n) is 5.47. The van der Waals surface area contributed by atoms with Crippen molar-refractivity contribution in [2.45, 2.75) is 33.4 Å². The van der Waals surface area contributed by atoms with Gasteiger partial charge in [0, 0.05) is 30.1 Å². The Kier molecular flexibility index (Phi) is 5.51. The molecule has 5 aromatic rings. The minimum atomic E-state index is 0.431. The third-order valence-corrected chi connectivity index (χ3v) is 6.65. The molecule has 0 radical (unpaired) electrons. The molecular weight excluding hydrogens is 436 g/mol. The van der Waals surface area contributed by atoms with Crippen molar-refractivity contribution in [2.75, 3.05) is 18.2 Å². The molecule has 0 aliphatic carbocycles. The Balaban J connectivity index is 1.40. The van der Waals surface area contributed by atoms with Crippen LogP contribution in [0.3, 0.4) is 0 Å². The number of nitrogens with one attached hydrogen (secondary N) is 1. The lowest BCUT2D eigenvalue weighted by Crippen LogP contribution is -2.08. The molecule has 3 N–H and O–H groups in total. The van der Waals surface area contributed by atoms with Crippen molar-refractivity contribution < 1.29 is 4.74 Å². The van der Waals surface area contributed by atoms with Gasteiger partial charge < -0.3 is 15.8 Å². The summed E-state index contributed by atoms with van der Waals surface area (Å²) in [6, 6.07) is 8.11. The molecule has 10 heteroatoms. The second kappa shape index (κ2) is 8.62. The van der Waals surface area contributed by atoms with E-state index in [4.69, 9.17) is 15.5 Å². The predicted octanol–water partition coefficient (Wildman–Crippen LogP) is 3.95. The molecule has 0 aliphatic heterocycles. The van der Waals surface area contributed by atoms with Crippen molar-refractivity contribution in [2.24, 2.45) is 0 Å². The van der Waals surface area contributed by atoms with Gasteiger partial charge in [-0.1, -0.05) is 13.0 Å². The minimum absolute atomic E-state index is 0.431. The minimum Gasteiger partial charge on any atom is -0.496 e. The van der Waals surface area contributed by atoms with Crippen LogP contribution < -0.4 is 15.8 Å². The van der Waals surface area contributed by atoms with Crippen molar-refractivity contribution in [3.8, 4) is 5.75 Å². The molecule has 0 spiro atoms. The normalized spacial score (nSPS) is 11.4. The fourth-order valence-electron chi connectivity index (χ4n) is 3.83. The van der Waals surface area contributed by atoms with Gasteiger partial charge in [0.15, 0.2) is 5.65 Å². The van der Waals surface area contributed by atoms with Crippen molar-refractivity contribution in [3.63, 3.8) is 0 Å². The average molecular weight is 461 g/mol. The van der Waals surface area contributed by atoms with Crippen LogP contribution in [0, 0.1) is 6.92 Å². The van der Waals surface area contributed by atoms with E-state index in [9.17, 15) is 0 Å². The van der Waals surface area contributed by atoms with Gasteiger partial charge in [-0.05, 0) is 31.0 Å². The second-order valence-corrected chi connectivity index (χ2v) is 8.83. The Bertz CT molecular complexity index is 1460. The highest BCUT2D eigenvalue weighted by atomic mass is 32.1. The number of anilines is 2. The molecule has 0 saturated carbocycles. The quantitative estimate of drug-likeness (QED) is 0.375. The summed E-state index contributed by atoms with van der Waals surface area (Å²) < 4.78 is 8.57. The Morgan fingerprint density at radius 2 is 2.06 bits per heavy atom. The Hall–Kier alpha value is -3.79. The van der Waals surface area contributed by atoms with Gasteiger partial charge in [-0.25, -0.2) is 19.9 Å². The number of fused-ring (bicyclic) bond motifs is 2. The van der Waals surface area contributed by atoms with Crippen LogP contribution in [-0.2, 0) is 19.5 Å². The first-order valence-corrected chi connectivity index (χ1v) is 11.5. The van der Waals surface area contributed by atoms with Gasteiger partial charge in [-0.3, -0.25) is 4.68 Å². The van der Waals surface area contributed by atoms with Crippen molar-refractivity contribution in [1.82, 2.24) is 29.7 Å². The SMILES string of the molecule is CCc1nc2cc(Cn3cc4c(NCc5c(OC)cc(N)nc5C)ncnc4n3)ccc2s1. The van der Waals surface area contributed by atoms with E-state index in [-0.39, 0.29) is 0 Å². The van der Waals surface area contributed by atoms with Gasteiger partial charge in [0.25, 0.3) is 0 Å². The number of methoxy groups -OCH3 is 1. The maximum absolute atomic E-state index is 5.84. The lowest BCUT2D eigenvalue weighted by Gasteiger charge is -2.13. The summed E-state index contributed by atoms with van der Waals surface area (Å²) in [5, 5.41) is 10.0. The van der Waals surface area contributed by atoms with E-state index in [2.05, 4.69) is 50.5 Å². The van der Waals surface area contributed by atoms with Crippen LogP contribution in [0.15, 0.2) is 36.8 Å². The van der Waals surface area contributed by atoms with Gasteiger partial charge in [0.05, 0.1) is 34.3 Å². The number of aryl methyl sites for hydroxylation is 2. The standard InChI is InChI=1S/C23H24N8OS/c1-4-21-29-17-7-14(5-6-19(17)33-21)10-31-11-16-22(26-12-27-23(16)30-31)25-9-15-13(2)28-20(24)8-18(15)32-3/h5-8,11-12H,4,9-10H2,1-3H3,(H2,24,28)(H,25,26,27,30). The van der Waals surface area contributed by atoms with Gasteiger partial charge in [-0.15, -0.1) is 11.3 Å². The second-order valence-electron chi connectivity index (χ2n) is 7.72. The molecule has 9 nitrogen and oxygen atoms in total. The van der Waals surface area contributed by atoms with Crippen LogP contribution in [0.2, 0.25) is 0 Å². The zero-order valence-electron chi connectivity index (χ0n) is 18.7. The molecule has 5 rings (SSSR count). The molecule has 0 fully saturated rings. The topological polar surface area (TPSA) is 117 Å². The summed E-state index contributed by atoms with van der Waals surface area (Å²) in [5.41, 5.74) is 10.4. The van der Waals surface area contributed by atoms with E-state index in [0.29, 0.717) is 36.1 Å². The number of rotatable bonds is 7. The number of hydrogen-bond donors (Lipinski definition) is 2. The van der Waals surface area contributed by atoms with Crippen LogP contribution in [0.25, 0.3) is 21.3 Å². The summed E-state index contributed by atoms with van der Waals surface area (Å²) in [7, 11) is 1.62. The Morgan fingerprint density at radius 3 is 2.88 bits per heavy atom. The summed E-state index contributed by atoms with van der Waals surface area (Å²) in [5.74, 6) is 1.82. The van der Waals surface area contributed by atoms with Crippen molar-refractivity contribution in [1.29, 1.82) is 0 Å². The van der Waals surface area contributed by atoms with Gasteiger partial charge in [0.1, 0.15) is 23.7 Å². The van der Waals surface area contributed by atoms with Gasteiger partial charge >= 0.3 is 0 Å². The van der Waals surface area contributed by atoms with Crippen LogP contribution in [-0.4, -0.2) is 36.8 Å². The van der Waals surface area contributed by atoms with E-state index in [0.717, 1.165) is 39.2 Å². The lowest BCUT2D eigenvalue weighted by molar-refractivity contribution is 0.409. The van der Waals surface area contributed by atoms with E-state index in [1.54, 1.807) is 24.5 Å². The third kappa shape index (κ3) is 4.17. The number of nitrogens with two attached hydrogens (primary N) is 1. The first kappa shape index (κ1) is 21.1. The fourth-order valence-corrected chi connectivity index (χ4v) is 4.71. The van der Waals surface area contributed by atoms with Gasteiger partial charge in [-0.2, -0.15) is 5.10 Å². The average Bonchev–Trinajstić information content (AvgIpc) is 3.41. The van der Waals surface area contributed by atoms with Crippen LogP contribution in [0.1, 0.15) is 28.8 Å². The van der Waals surface area contributed by atoms with E-state index < -0.39 is 0 Å². The number of nitrogen functional groups attached to an aromatic ring is 1. The Morgan fingerprint density at radius 1 is 1.18 bits per heavy atom. The maximum atomic E-state index is 5.84. The number of benzene rings is 1. The molecule has 0 atom stereocenters. The van der Waals surface area contributed by atoms with Crippen LogP contribution in [0.5, 0.6) is 5.75 Å².